The Labute approximate surface area is 161 Å². The number of amides is 1. The highest BCUT2D eigenvalue weighted by atomic mass is 16.1. The van der Waals surface area contributed by atoms with Crippen LogP contribution in [0.2, 0.25) is 0 Å². The molecular formula is C22H17N5O. The summed E-state index contributed by atoms with van der Waals surface area (Å²) in [6, 6.07) is 7.70. The molecule has 0 radical (unpaired) electrons. The van der Waals surface area contributed by atoms with Crippen molar-refractivity contribution in [3.63, 3.8) is 0 Å². The van der Waals surface area contributed by atoms with Crippen molar-refractivity contribution in [1.29, 1.82) is 5.26 Å². The maximum atomic E-state index is 12.6. The van der Waals surface area contributed by atoms with E-state index in [2.05, 4.69) is 26.3 Å². The molecule has 1 fully saturated rings. The molecule has 6 nitrogen and oxygen atoms in total. The molecule has 3 aliphatic rings. The molecule has 0 unspecified atom stereocenters. The van der Waals surface area contributed by atoms with Crippen molar-refractivity contribution in [3.05, 3.63) is 58.7 Å². The first-order valence-electron chi connectivity index (χ1n) is 9.58. The maximum absolute atomic E-state index is 12.6. The van der Waals surface area contributed by atoms with Gasteiger partial charge in [-0.1, -0.05) is 0 Å². The summed E-state index contributed by atoms with van der Waals surface area (Å²) < 4.78 is 0. The number of nitrogens with zero attached hydrogens (tertiary/aromatic N) is 3. The van der Waals surface area contributed by atoms with Gasteiger partial charge in [0.25, 0.3) is 5.91 Å². The zero-order chi connectivity index (χ0) is 18.9. The van der Waals surface area contributed by atoms with Crippen LogP contribution in [0, 0.1) is 11.3 Å². The lowest BCUT2D eigenvalue weighted by molar-refractivity contribution is 0.0936. The van der Waals surface area contributed by atoms with Crippen molar-refractivity contribution in [2.75, 3.05) is 6.54 Å². The predicted octanol–water partition coefficient (Wildman–Crippen LogP) is 2.88. The summed E-state index contributed by atoms with van der Waals surface area (Å²) in [5, 5.41) is 12.0. The molecular weight excluding hydrogens is 350 g/mol. The van der Waals surface area contributed by atoms with Crippen LogP contribution in [0.15, 0.2) is 30.6 Å². The number of rotatable bonds is 1. The molecule has 6 heteroatoms. The fourth-order valence-corrected chi connectivity index (χ4v) is 4.62. The molecule has 1 aliphatic heterocycles. The Morgan fingerprint density at radius 1 is 1.14 bits per heavy atom. The van der Waals surface area contributed by atoms with Crippen molar-refractivity contribution < 1.29 is 4.79 Å². The molecule has 2 aliphatic carbocycles. The van der Waals surface area contributed by atoms with Crippen molar-refractivity contribution in [2.24, 2.45) is 0 Å². The highest BCUT2D eigenvalue weighted by Gasteiger charge is 2.51. The smallest absolute Gasteiger partial charge is 0.253 e. The monoisotopic (exact) mass is 367 g/mol. The number of aryl methyl sites for hydroxylation is 1. The van der Waals surface area contributed by atoms with E-state index in [1.54, 1.807) is 12.3 Å². The van der Waals surface area contributed by atoms with Gasteiger partial charge >= 0.3 is 0 Å². The fourth-order valence-electron chi connectivity index (χ4n) is 4.62. The van der Waals surface area contributed by atoms with Crippen LogP contribution in [0.5, 0.6) is 0 Å². The van der Waals surface area contributed by atoms with E-state index in [0.29, 0.717) is 5.69 Å². The Kier molecular flexibility index (Phi) is 2.95. The molecule has 6 rings (SSSR count). The Morgan fingerprint density at radius 2 is 2.04 bits per heavy atom. The van der Waals surface area contributed by atoms with Crippen molar-refractivity contribution >= 4 is 5.91 Å². The minimum absolute atomic E-state index is 0.0547. The van der Waals surface area contributed by atoms with Gasteiger partial charge in [0, 0.05) is 41.2 Å². The number of H-pyrrole nitrogens is 1. The first kappa shape index (κ1) is 15.6. The summed E-state index contributed by atoms with van der Waals surface area (Å²) >= 11 is 0. The van der Waals surface area contributed by atoms with Gasteiger partial charge in [0.1, 0.15) is 11.8 Å². The fraction of sp³-hybridized carbons (Fsp3) is 0.273. The van der Waals surface area contributed by atoms with Crippen LogP contribution < -0.4 is 5.32 Å². The van der Waals surface area contributed by atoms with Crippen molar-refractivity contribution in [3.8, 4) is 28.6 Å². The minimum Gasteiger partial charge on any atom is -0.357 e. The molecule has 0 bridgehead atoms. The topological polar surface area (TPSA) is 94.5 Å². The van der Waals surface area contributed by atoms with Crippen LogP contribution in [0.25, 0.3) is 22.5 Å². The number of carbonyl (C=O) groups is 1. The average Bonchev–Trinajstić information content (AvgIpc) is 3.40. The number of carbonyl (C=O) groups excluding carboxylic acids is 1. The first-order valence-corrected chi connectivity index (χ1v) is 9.58. The number of aromatic nitrogens is 3. The van der Waals surface area contributed by atoms with Gasteiger partial charge in [-0.25, -0.2) is 4.98 Å². The van der Waals surface area contributed by atoms with Gasteiger partial charge in [-0.2, -0.15) is 5.26 Å². The molecule has 1 spiro atoms. The van der Waals surface area contributed by atoms with Gasteiger partial charge in [0.05, 0.1) is 17.0 Å². The molecule has 2 N–H and O–H groups in total. The second-order valence-electron chi connectivity index (χ2n) is 7.96. The minimum atomic E-state index is 0.0547. The van der Waals surface area contributed by atoms with E-state index in [-0.39, 0.29) is 11.3 Å². The van der Waals surface area contributed by atoms with E-state index in [4.69, 9.17) is 5.26 Å². The second-order valence-corrected chi connectivity index (χ2v) is 7.96. The average molecular weight is 367 g/mol. The van der Waals surface area contributed by atoms with Gasteiger partial charge in [-0.15, -0.1) is 0 Å². The summed E-state index contributed by atoms with van der Waals surface area (Å²) in [6.07, 6.45) is 7.61. The Morgan fingerprint density at radius 3 is 2.79 bits per heavy atom. The third-order valence-electron chi connectivity index (χ3n) is 6.38. The molecule has 1 amide bonds. The molecule has 136 valence electrons. The Hall–Kier alpha value is -3.46. The maximum Gasteiger partial charge on any atom is 0.253 e. The normalized spacial score (nSPS) is 17.9. The highest BCUT2D eigenvalue weighted by Crippen LogP contribution is 2.52. The zero-order valence-electron chi connectivity index (χ0n) is 15.2. The van der Waals surface area contributed by atoms with E-state index >= 15 is 0 Å². The number of pyridine rings is 2. The van der Waals surface area contributed by atoms with Crippen LogP contribution in [0.4, 0.5) is 0 Å². The SMILES string of the molecule is N#Cc1ccc(-c2cc3c(cn2)CCc2c-3[nH]c3c2C(=O)NCC32CC2)cn1. The summed E-state index contributed by atoms with van der Waals surface area (Å²) in [5.41, 5.74) is 8.74. The highest BCUT2D eigenvalue weighted by molar-refractivity contribution is 6.01. The van der Waals surface area contributed by atoms with Gasteiger partial charge in [0.2, 0.25) is 0 Å². The quantitative estimate of drug-likeness (QED) is 0.691. The van der Waals surface area contributed by atoms with E-state index in [0.717, 1.165) is 71.6 Å². The molecule has 28 heavy (non-hydrogen) atoms. The third kappa shape index (κ3) is 2.04. The number of aromatic amines is 1. The van der Waals surface area contributed by atoms with Crippen LogP contribution in [0.1, 0.15) is 45.7 Å². The molecule has 0 aromatic carbocycles. The number of nitriles is 1. The molecule has 1 saturated carbocycles. The lowest BCUT2D eigenvalue weighted by Crippen LogP contribution is -2.39. The van der Waals surface area contributed by atoms with E-state index in [1.165, 1.54) is 5.56 Å². The number of hydrogen-bond acceptors (Lipinski definition) is 4. The second kappa shape index (κ2) is 5.29. The summed E-state index contributed by atoms with van der Waals surface area (Å²) in [6.45, 7) is 0.740. The van der Waals surface area contributed by atoms with E-state index < -0.39 is 0 Å². The largest absolute Gasteiger partial charge is 0.357 e. The van der Waals surface area contributed by atoms with E-state index in [1.807, 2.05) is 18.3 Å². The Bertz CT molecular complexity index is 1190. The van der Waals surface area contributed by atoms with Crippen molar-refractivity contribution in [1.82, 2.24) is 20.3 Å². The third-order valence-corrected chi connectivity index (χ3v) is 6.38. The summed E-state index contributed by atoms with van der Waals surface area (Å²) in [7, 11) is 0. The predicted molar refractivity (Wildman–Crippen MR) is 103 cm³/mol. The number of hydrogen-bond donors (Lipinski definition) is 2. The van der Waals surface area contributed by atoms with Gasteiger partial charge in [0.15, 0.2) is 0 Å². The number of nitrogens with one attached hydrogen (secondary N) is 2. The van der Waals surface area contributed by atoms with Gasteiger partial charge in [-0.05, 0) is 55.0 Å². The molecule has 3 aromatic rings. The molecule has 0 saturated heterocycles. The molecule has 4 heterocycles. The van der Waals surface area contributed by atoms with Crippen LogP contribution >= 0.6 is 0 Å². The molecule has 3 aromatic heterocycles. The van der Waals surface area contributed by atoms with Gasteiger partial charge < -0.3 is 10.3 Å². The van der Waals surface area contributed by atoms with Crippen molar-refractivity contribution in [2.45, 2.75) is 31.1 Å². The first-order chi connectivity index (χ1) is 13.7. The Balaban J connectivity index is 1.51. The van der Waals surface area contributed by atoms with Crippen LogP contribution in [-0.2, 0) is 18.3 Å². The lowest BCUT2D eigenvalue weighted by atomic mass is 9.86. The van der Waals surface area contributed by atoms with E-state index in [9.17, 15) is 4.79 Å². The van der Waals surface area contributed by atoms with Crippen LogP contribution in [0.3, 0.4) is 0 Å². The summed E-state index contributed by atoms with van der Waals surface area (Å²) in [4.78, 5) is 25.0. The molecule has 0 atom stereocenters. The standard InChI is InChI=1S/C22H17N5O/c23-8-14-3-1-13(10-24-14)17-7-16-12(9-25-17)2-4-15-18-20(27-19(15)16)22(5-6-22)11-26-21(18)28/h1,3,7,9-10,27H,2,4-6,11H2,(H,26,28). The van der Waals surface area contributed by atoms with Crippen LogP contribution in [-0.4, -0.2) is 27.4 Å². The summed E-state index contributed by atoms with van der Waals surface area (Å²) in [5.74, 6) is 0.0547. The number of fused-ring (bicyclic) bond motifs is 6. The zero-order valence-corrected chi connectivity index (χ0v) is 15.2. The lowest BCUT2D eigenvalue weighted by Gasteiger charge is -2.23. The van der Waals surface area contributed by atoms with Gasteiger partial charge in [-0.3, -0.25) is 9.78 Å².